The van der Waals surface area contributed by atoms with Gasteiger partial charge in [0, 0.05) is 31.6 Å². The van der Waals surface area contributed by atoms with Crippen LogP contribution in [0.5, 0.6) is 0 Å². The summed E-state index contributed by atoms with van der Waals surface area (Å²) >= 11 is 1.26. The molecule has 124 valence electrons. The fourth-order valence-corrected chi connectivity index (χ4v) is 3.61. The van der Waals surface area contributed by atoms with Gasteiger partial charge in [-0.3, -0.25) is 9.69 Å². The van der Waals surface area contributed by atoms with Crippen LogP contribution < -0.4 is 0 Å². The van der Waals surface area contributed by atoms with Crippen molar-refractivity contribution in [2.24, 2.45) is 0 Å². The van der Waals surface area contributed by atoms with Crippen molar-refractivity contribution in [1.82, 2.24) is 14.8 Å². The number of H-pyrrole nitrogens is 1. The molecule has 3 rings (SSSR count). The number of aromatic amines is 1. The van der Waals surface area contributed by atoms with Gasteiger partial charge in [0.05, 0.1) is 22.3 Å². The van der Waals surface area contributed by atoms with E-state index in [9.17, 15) is 18.4 Å². The number of carboxylic acids is 1. The van der Waals surface area contributed by atoms with Crippen molar-refractivity contribution in [3.05, 3.63) is 22.7 Å². The first kappa shape index (κ1) is 15.9. The van der Waals surface area contributed by atoms with Gasteiger partial charge in [-0.2, -0.15) is 0 Å². The molecule has 23 heavy (non-hydrogen) atoms. The predicted octanol–water partition coefficient (Wildman–Crippen LogP) is 1.95. The van der Waals surface area contributed by atoms with E-state index in [0.29, 0.717) is 42.1 Å². The Morgan fingerprint density at radius 2 is 2.00 bits per heavy atom. The Balaban J connectivity index is 1.70. The van der Waals surface area contributed by atoms with Crippen molar-refractivity contribution >= 4 is 33.4 Å². The smallest absolute Gasteiger partial charge is 0.338 e. The molecule has 1 saturated heterocycles. The summed E-state index contributed by atoms with van der Waals surface area (Å²) in [6.07, 6.45) is -2.37. The van der Waals surface area contributed by atoms with Crippen LogP contribution in [0.15, 0.2) is 11.4 Å². The van der Waals surface area contributed by atoms with Crippen molar-refractivity contribution in [2.75, 3.05) is 32.7 Å². The lowest BCUT2D eigenvalue weighted by molar-refractivity contribution is 0.0455. The van der Waals surface area contributed by atoms with Crippen LogP contribution in [0, 0.1) is 0 Å². The van der Waals surface area contributed by atoms with E-state index in [1.807, 2.05) is 0 Å². The number of hydrogen-bond acceptors (Lipinski definition) is 4. The Hall–Kier alpha value is -2.00. The highest BCUT2D eigenvalue weighted by atomic mass is 32.1. The van der Waals surface area contributed by atoms with Gasteiger partial charge < -0.3 is 15.0 Å². The number of halogens is 2. The summed E-state index contributed by atoms with van der Waals surface area (Å²) in [6, 6.07) is 1.64. The molecular formula is C14H15F2N3O3S. The largest absolute Gasteiger partial charge is 0.478 e. The van der Waals surface area contributed by atoms with Crippen LogP contribution in [-0.4, -0.2) is 70.9 Å². The zero-order valence-corrected chi connectivity index (χ0v) is 12.9. The molecule has 1 fully saturated rings. The molecule has 6 nitrogen and oxygen atoms in total. The second-order valence-corrected chi connectivity index (χ2v) is 6.27. The summed E-state index contributed by atoms with van der Waals surface area (Å²) in [5.74, 6) is -1.28. The number of carbonyl (C=O) groups is 2. The number of carbonyl (C=O) groups excluding carboxylic acids is 1. The number of fused-ring (bicyclic) bond motifs is 1. The minimum absolute atomic E-state index is 0.144. The van der Waals surface area contributed by atoms with Gasteiger partial charge in [-0.25, -0.2) is 13.6 Å². The number of piperazine rings is 1. The fourth-order valence-electron chi connectivity index (χ4n) is 2.68. The lowest BCUT2D eigenvalue weighted by Crippen LogP contribution is -2.49. The average molecular weight is 343 g/mol. The first-order valence-electron chi connectivity index (χ1n) is 7.09. The number of hydrogen-bond donors (Lipinski definition) is 2. The summed E-state index contributed by atoms with van der Waals surface area (Å²) in [6.45, 7) is 1.30. The number of aromatic nitrogens is 1. The van der Waals surface area contributed by atoms with Gasteiger partial charge in [-0.05, 0) is 6.07 Å². The standard InChI is InChI=1S/C14H15F2N3O3S/c15-11(16)6-18-1-3-19(4-2-18)13(20)9-5-10-12(17-9)8(7-23-10)14(21)22/h5,7,11,17H,1-4,6H2,(H,21,22). The fraction of sp³-hybridized carbons (Fsp3) is 0.429. The number of carboxylic acid groups (broad SMARTS) is 1. The first-order chi connectivity index (χ1) is 11.0. The van der Waals surface area contributed by atoms with Crippen LogP contribution in [0.3, 0.4) is 0 Å². The first-order valence-corrected chi connectivity index (χ1v) is 7.97. The Bertz CT molecular complexity index is 735. The molecule has 0 bridgehead atoms. The molecule has 2 aromatic rings. The van der Waals surface area contributed by atoms with E-state index in [4.69, 9.17) is 5.11 Å². The molecular weight excluding hydrogens is 328 g/mol. The Morgan fingerprint density at radius 3 is 2.61 bits per heavy atom. The van der Waals surface area contributed by atoms with Crippen LogP contribution in [0.4, 0.5) is 8.78 Å². The summed E-state index contributed by atoms with van der Waals surface area (Å²) in [5, 5.41) is 10.6. The van der Waals surface area contributed by atoms with Crippen molar-refractivity contribution in [3.8, 4) is 0 Å². The third-order valence-electron chi connectivity index (χ3n) is 3.87. The van der Waals surface area contributed by atoms with Crippen LogP contribution in [-0.2, 0) is 0 Å². The maximum atomic E-state index is 12.5. The van der Waals surface area contributed by atoms with E-state index in [1.54, 1.807) is 15.9 Å². The molecule has 1 amide bonds. The summed E-state index contributed by atoms with van der Waals surface area (Å²) < 4.78 is 25.4. The molecule has 0 unspecified atom stereocenters. The second-order valence-electron chi connectivity index (χ2n) is 5.36. The van der Waals surface area contributed by atoms with Gasteiger partial charge in [0.1, 0.15) is 5.69 Å². The highest BCUT2D eigenvalue weighted by Crippen LogP contribution is 2.27. The van der Waals surface area contributed by atoms with Crippen molar-refractivity contribution in [2.45, 2.75) is 6.43 Å². The third kappa shape index (κ3) is 3.20. The normalized spacial score (nSPS) is 16.4. The highest BCUT2D eigenvalue weighted by Gasteiger charge is 2.25. The summed E-state index contributed by atoms with van der Waals surface area (Å²) in [7, 11) is 0. The number of amides is 1. The number of aromatic carboxylic acids is 1. The van der Waals surface area contributed by atoms with E-state index in [-0.39, 0.29) is 18.0 Å². The molecule has 0 atom stereocenters. The minimum atomic E-state index is -2.37. The quantitative estimate of drug-likeness (QED) is 0.890. The highest BCUT2D eigenvalue weighted by molar-refractivity contribution is 7.17. The van der Waals surface area contributed by atoms with E-state index in [0.717, 1.165) is 0 Å². The molecule has 0 spiro atoms. The molecule has 9 heteroatoms. The molecule has 1 aliphatic rings. The van der Waals surface area contributed by atoms with E-state index in [2.05, 4.69) is 4.98 Å². The zero-order chi connectivity index (χ0) is 16.6. The lowest BCUT2D eigenvalue weighted by atomic mass is 10.2. The van der Waals surface area contributed by atoms with Gasteiger partial charge in [0.25, 0.3) is 12.3 Å². The van der Waals surface area contributed by atoms with Gasteiger partial charge in [-0.15, -0.1) is 11.3 Å². The van der Waals surface area contributed by atoms with Crippen LogP contribution >= 0.6 is 11.3 Å². The van der Waals surface area contributed by atoms with E-state index >= 15 is 0 Å². The average Bonchev–Trinajstić information content (AvgIpc) is 3.06. The summed E-state index contributed by atoms with van der Waals surface area (Å²) in [5.41, 5.74) is 0.921. The number of nitrogens with zero attached hydrogens (tertiary/aromatic N) is 2. The number of alkyl halides is 2. The SMILES string of the molecule is O=C(O)c1csc2cc(C(=O)N3CCN(CC(F)F)CC3)[nH]c12. The number of rotatable bonds is 4. The molecule has 1 aliphatic heterocycles. The van der Waals surface area contributed by atoms with Crippen LogP contribution in [0.1, 0.15) is 20.8 Å². The number of nitrogens with one attached hydrogen (secondary N) is 1. The van der Waals surface area contributed by atoms with Gasteiger partial charge in [0.2, 0.25) is 0 Å². The molecule has 2 N–H and O–H groups in total. The van der Waals surface area contributed by atoms with Crippen molar-refractivity contribution < 1.29 is 23.5 Å². The van der Waals surface area contributed by atoms with Gasteiger partial charge in [-0.1, -0.05) is 0 Å². The Morgan fingerprint density at radius 1 is 1.30 bits per heavy atom. The summed E-state index contributed by atoms with van der Waals surface area (Å²) in [4.78, 5) is 29.7. The molecule has 0 aliphatic carbocycles. The maximum absolute atomic E-state index is 12.5. The molecule has 3 heterocycles. The van der Waals surface area contributed by atoms with E-state index in [1.165, 1.54) is 16.7 Å². The molecule has 2 aromatic heterocycles. The zero-order valence-electron chi connectivity index (χ0n) is 12.1. The van der Waals surface area contributed by atoms with Crippen LogP contribution in [0.2, 0.25) is 0 Å². The van der Waals surface area contributed by atoms with Gasteiger partial charge >= 0.3 is 5.97 Å². The number of thiophene rings is 1. The topological polar surface area (TPSA) is 76.6 Å². The lowest BCUT2D eigenvalue weighted by Gasteiger charge is -2.34. The van der Waals surface area contributed by atoms with Crippen LogP contribution in [0.25, 0.3) is 10.2 Å². The van der Waals surface area contributed by atoms with Gasteiger partial charge in [0.15, 0.2) is 0 Å². The van der Waals surface area contributed by atoms with Crippen molar-refractivity contribution in [3.63, 3.8) is 0 Å². The Kier molecular flexibility index (Phi) is 4.31. The monoisotopic (exact) mass is 343 g/mol. The molecule has 0 radical (unpaired) electrons. The Labute approximate surface area is 134 Å². The minimum Gasteiger partial charge on any atom is -0.478 e. The third-order valence-corrected chi connectivity index (χ3v) is 4.80. The molecule has 0 saturated carbocycles. The predicted molar refractivity (Wildman–Crippen MR) is 81.5 cm³/mol. The maximum Gasteiger partial charge on any atom is 0.338 e. The van der Waals surface area contributed by atoms with E-state index < -0.39 is 12.4 Å². The second kappa shape index (κ2) is 6.25. The van der Waals surface area contributed by atoms with Crippen molar-refractivity contribution in [1.29, 1.82) is 0 Å². The molecule has 0 aromatic carbocycles.